The van der Waals surface area contributed by atoms with Crippen molar-refractivity contribution in [3.8, 4) is 0 Å². The highest BCUT2D eigenvalue weighted by Gasteiger charge is 2.41. The van der Waals surface area contributed by atoms with Gasteiger partial charge >= 0.3 is 0 Å². The molecule has 0 aromatic carbocycles. The molecule has 2 atom stereocenters. The molecule has 2 bridgehead atoms. The van der Waals surface area contributed by atoms with Crippen LogP contribution in [0.3, 0.4) is 0 Å². The van der Waals surface area contributed by atoms with Gasteiger partial charge in [-0.25, -0.2) is 8.78 Å². The molecule has 4 nitrogen and oxygen atoms in total. The lowest BCUT2D eigenvalue weighted by Gasteiger charge is -2.44. The molecule has 6 heteroatoms. The van der Waals surface area contributed by atoms with E-state index in [1.807, 2.05) is 0 Å². The Bertz CT molecular complexity index is 341. The van der Waals surface area contributed by atoms with Gasteiger partial charge in [-0.1, -0.05) is 6.42 Å². The second-order valence-corrected chi connectivity index (χ2v) is 6.36. The van der Waals surface area contributed by atoms with E-state index in [2.05, 4.69) is 0 Å². The molecule has 0 radical (unpaired) electrons. The second kappa shape index (κ2) is 7.49. The van der Waals surface area contributed by atoms with Gasteiger partial charge in [-0.15, -0.1) is 0 Å². The molecule has 2 N–H and O–H groups in total. The maximum absolute atomic E-state index is 12.7. The molecule has 122 valence electrons. The number of nitrogens with zero attached hydrogens (tertiary/aromatic N) is 1. The number of amides is 1. The molecule has 2 aliphatic rings. The maximum Gasteiger partial charge on any atom is 0.255 e. The highest BCUT2D eigenvalue weighted by Crippen LogP contribution is 2.42. The van der Waals surface area contributed by atoms with E-state index < -0.39 is 13.0 Å². The zero-order chi connectivity index (χ0) is 15.4. The van der Waals surface area contributed by atoms with Crippen LogP contribution in [0.25, 0.3) is 0 Å². The van der Waals surface area contributed by atoms with Crippen LogP contribution in [0.1, 0.15) is 32.1 Å². The summed E-state index contributed by atoms with van der Waals surface area (Å²) >= 11 is 0. The summed E-state index contributed by atoms with van der Waals surface area (Å²) in [5.41, 5.74) is 6.22. The summed E-state index contributed by atoms with van der Waals surface area (Å²) in [5, 5.41) is 0. The summed E-state index contributed by atoms with van der Waals surface area (Å²) in [5.74, 6) is 0.469. The molecule has 0 aromatic heterocycles. The molecule has 2 rings (SSSR count). The lowest BCUT2D eigenvalue weighted by molar-refractivity contribution is -0.141. The number of methoxy groups -OCH3 is 1. The van der Waals surface area contributed by atoms with Gasteiger partial charge in [0, 0.05) is 25.6 Å². The molecular formula is C15H26F2N2O2. The molecule has 0 saturated heterocycles. The highest BCUT2D eigenvalue weighted by molar-refractivity contribution is 5.79. The third kappa shape index (κ3) is 4.13. The van der Waals surface area contributed by atoms with E-state index in [1.54, 1.807) is 0 Å². The number of alkyl halides is 2. The standard InChI is InChI=1S/C15H26F2N2O2/c1-21-6-5-19(9-13(16)17)15(20)12-7-10-3-2-4-11(8-12)14(10)18/h10-14H,2-9,18H2,1H3. The summed E-state index contributed by atoms with van der Waals surface area (Å²) in [4.78, 5) is 13.8. The van der Waals surface area contributed by atoms with Crippen LogP contribution in [0, 0.1) is 17.8 Å². The molecule has 0 aromatic rings. The number of ether oxygens (including phenoxy) is 1. The first-order valence-corrected chi connectivity index (χ1v) is 7.84. The third-order valence-corrected chi connectivity index (χ3v) is 5.00. The maximum atomic E-state index is 12.7. The number of hydrogen-bond acceptors (Lipinski definition) is 3. The molecule has 2 saturated carbocycles. The lowest BCUT2D eigenvalue weighted by atomic mass is 9.65. The van der Waals surface area contributed by atoms with Gasteiger partial charge in [-0.05, 0) is 37.5 Å². The minimum absolute atomic E-state index is 0.142. The summed E-state index contributed by atoms with van der Waals surface area (Å²) in [6.07, 6.45) is 2.31. The van der Waals surface area contributed by atoms with Gasteiger partial charge in [0.25, 0.3) is 6.43 Å². The van der Waals surface area contributed by atoms with E-state index in [1.165, 1.54) is 18.4 Å². The minimum Gasteiger partial charge on any atom is -0.383 e. The first kappa shape index (κ1) is 16.6. The highest BCUT2D eigenvalue weighted by atomic mass is 19.3. The van der Waals surface area contributed by atoms with E-state index in [0.717, 1.165) is 25.7 Å². The number of carbonyl (C=O) groups excluding carboxylic acids is 1. The van der Waals surface area contributed by atoms with Crippen LogP contribution in [0.5, 0.6) is 0 Å². The molecule has 0 heterocycles. The van der Waals surface area contributed by atoms with Gasteiger partial charge in [0.2, 0.25) is 5.91 Å². The van der Waals surface area contributed by atoms with Gasteiger partial charge in [0.1, 0.15) is 0 Å². The van der Waals surface area contributed by atoms with Crippen LogP contribution >= 0.6 is 0 Å². The first-order chi connectivity index (χ1) is 10.0. The monoisotopic (exact) mass is 304 g/mol. The topological polar surface area (TPSA) is 55.6 Å². The SMILES string of the molecule is COCCN(CC(F)F)C(=O)C1CC2CCCC(C1)C2N. The average molecular weight is 304 g/mol. The largest absolute Gasteiger partial charge is 0.383 e. The Morgan fingerprint density at radius 3 is 2.48 bits per heavy atom. The van der Waals surface area contributed by atoms with Crippen LogP contribution in [0.4, 0.5) is 8.78 Å². The van der Waals surface area contributed by atoms with Crippen LogP contribution in [-0.4, -0.2) is 50.1 Å². The number of carbonyl (C=O) groups is 1. The van der Waals surface area contributed by atoms with Crippen LogP contribution < -0.4 is 5.73 Å². The number of fused-ring (bicyclic) bond motifs is 2. The van der Waals surface area contributed by atoms with Gasteiger partial charge in [-0.2, -0.15) is 0 Å². The summed E-state index contributed by atoms with van der Waals surface area (Å²) in [6.45, 7) is 0.0230. The number of hydrogen-bond donors (Lipinski definition) is 1. The van der Waals surface area contributed by atoms with Gasteiger partial charge in [0.05, 0.1) is 13.2 Å². The summed E-state index contributed by atoms with van der Waals surface area (Å²) in [6, 6.07) is 0.185. The number of rotatable bonds is 6. The third-order valence-electron chi connectivity index (χ3n) is 5.00. The van der Waals surface area contributed by atoms with Crippen molar-refractivity contribution in [2.75, 3.05) is 26.8 Å². The average Bonchev–Trinajstić information content (AvgIpc) is 2.42. The first-order valence-electron chi connectivity index (χ1n) is 7.84. The molecule has 2 unspecified atom stereocenters. The Balaban J connectivity index is 1.99. The smallest absolute Gasteiger partial charge is 0.255 e. The molecule has 2 fully saturated rings. The summed E-state index contributed by atoms with van der Waals surface area (Å²) in [7, 11) is 1.51. The molecule has 2 aliphatic carbocycles. The Hall–Kier alpha value is -0.750. The number of halogens is 2. The van der Waals surface area contributed by atoms with Crippen molar-refractivity contribution in [1.82, 2.24) is 4.90 Å². The minimum atomic E-state index is -2.50. The fourth-order valence-electron chi connectivity index (χ4n) is 3.91. The molecular weight excluding hydrogens is 278 g/mol. The van der Waals surface area contributed by atoms with Crippen LogP contribution in [-0.2, 0) is 9.53 Å². The van der Waals surface area contributed by atoms with Crippen molar-refractivity contribution in [3.05, 3.63) is 0 Å². The lowest BCUT2D eigenvalue weighted by Crippen LogP contribution is -2.50. The predicted octanol–water partition coefficient (Wildman–Crippen LogP) is 1.88. The molecule has 21 heavy (non-hydrogen) atoms. The normalized spacial score (nSPS) is 32.2. The van der Waals surface area contributed by atoms with Crippen molar-refractivity contribution >= 4 is 5.91 Å². The molecule has 0 aliphatic heterocycles. The van der Waals surface area contributed by atoms with Gasteiger partial charge in [-0.3, -0.25) is 4.79 Å². The van der Waals surface area contributed by atoms with E-state index in [0.29, 0.717) is 11.8 Å². The van der Waals surface area contributed by atoms with Gasteiger partial charge in [0.15, 0.2) is 0 Å². The second-order valence-electron chi connectivity index (χ2n) is 6.36. The van der Waals surface area contributed by atoms with Crippen LogP contribution in [0.2, 0.25) is 0 Å². The molecule has 1 amide bonds. The summed E-state index contributed by atoms with van der Waals surface area (Å²) < 4.78 is 30.3. The van der Waals surface area contributed by atoms with Crippen molar-refractivity contribution in [2.24, 2.45) is 23.5 Å². The van der Waals surface area contributed by atoms with E-state index in [4.69, 9.17) is 10.5 Å². The Kier molecular flexibility index (Phi) is 5.93. The Morgan fingerprint density at radius 1 is 1.33 bits per heavy atom. The molecule has 0 spiro atoms. The quantitative estimate of drug-likeness (QED) is 0.815. The Labute approximate surface area is 125 Å². The van der Waals surface area contributed by atoms with E-state index in [-0.39, 0.29) is 31.0 Å². The predicted molar refractivity (Wildman–Crippen MR) is 76.0 cm³/mol. The number of nitrogens with two attached hydrogens (primary N) is 1. The zero-order valence-electron chi connectivity index (χ0n) is 12.6. The van der Waals surface area contributed by atoms with E-state index >= 15 is 0 Å². The van der Waals surface area contributed by atoms with Crippen molar-refractivity contribution in [2.45, 2.75) is 44.6 Å². The van der Waals surface area contributed by atoms with Gasteiger partial charge < -0.3 is 15.4 Å². The van der Waals surface area contributed by atoms with Crippen LogP contribution in [0.15, 0.2) is 0 Å². The van der Waals surface area contributed by atoms with E-state index in [9.17, 15) is 13.6 Å². The van der Waals surface area contributed by atoms with Crippen molar-refractivity contribution < 1.29 is 18.3 Å². The Morgan fingerprint density at radius 2 is 1.95 bits per heavy atom. The van der Waals surface area contributed by atoms with Crippen molar-refractivity contribution in [1.29, 1.82) is 0 Å². The fraction of sp³-hybridized carbons (Fsp3) is 0.933. The fourth-order valence-corrected chi connectivity index (χ4v) is 3.91. The zero-order valence-corrected chi connectivity index (χ0v) is 12.6. The van der Waals surface area contributed by atoms with Crippen molar-refractivity contribution in [3.63, 3.8) is 0 Å².